The highest BCUT2D eigenvalue weighted by Crippen LogP contribution is 1.79. The molecule has 0 saturated carbocycles. The predicted octanol–water partition coefficient (Wildman–Crippen LogP) is -2.86. The number of hydrogen-bond acceptors (Lipinski definition) is 1. The van der Waals surface area contributed by atoms with Gasteiger partial charge < -0.3 is 5.21 Å². The smallest absolute Gasteiger partial charge is 0.321 e. The van der Waals surface area contributed by atoms with Crippen molar-refractivity contribution in [2.24, 2.45) is 12.8 Å². The number of amidine groups is 1. The van der Waals surface area contributed by atoms with Crippen molar-refractivity contribution in [3.05, 3.63) is 18.7 Å². The lowest BCUT2D eigenvalue weighted by Gasteiger charge is -1.87. The van der Waals surface area contributed by atoms with Crippen LogP contribution in [0.2, 0.25) is 0 Å². The Kier molecular flexibility index (Phi) is 2.10. The van der Waals surface area contributed by atoms with Crippen LogP contribution in [0.3, 0.4) is 0 Å². The van der Waals surface area contributed by atoms with Crippen LogP contribution < -0.4 is 15.5 Å². The third-order valence-corrected chi connectivity index (χ3v) is 1.32. The maximum absolute atomic E-state index is 8.37. The van der Waals surface area contributed by atoms with Crippen molar-refractivity contribution < 1.29 is 14.9 Å². The zero-order chi connectivity index (χ0) is 8.27. The molecule has 1 rings (SSSR count). The molecule has 1 aromatic heterocycles. The molecule has 0 aliphatic carbocycles. The zero-order valence-electron chi connectivity index (χ0n) is 6.36. The summed E-state index contributed by atoms with van der Waals surface area (Å²) < 4.78 is 3.74. The lowest BCUT2D eigenvalue weighted by Crippen LogP contribution is -2.72. The minimum atomic E-state index is 0.321. The summed E-state index contributed by atoms with van der Waals surface area (Å²) in [6, 6.07) is 0. The molecule has 1 aromatic rings. The highest BCUT2D eigenvalue weighted by molar-refractivity contribution is 5.73. The number of nitrogens with two attached hydrogens (primary N) is 1. The predicted molar refractivity (Wildman–Crippen MR) is 37.6 cm³/mol. The van der Waals surface area contributed by atoms with Crippen molar-refractivity contribution in [1.29, 1.82) is 0 Å². The Balaban J connectivity index is 2.65. The first-order chi connectivity index (χ1) is 5.22. The molecule has 0 aliphatic rings. The average Bonchev–Trinajstić information content (AvgIpc) is 2.35. The van der Waals surface area contributed by atoms with Gasteiger partial charge in [-0.25, -0.2) is 9.13 Å². The molecule has 60 valence electrons. The molecular formula is C6H12N4O+2. The fourth-order valence-corrected chi connectivity index (χ4v) is 0.827. The summed E-state index contributed by atoms with van der Waals surface area (Å²) in [5.74, 6) is 0.321. The summed E-state index contributed by atoms with van der Waals surface area (Å²) in [6.07, 6.45) is 5.62. The topological polar surface area (TPSA) is 69.0 Å². The molecule has 0 aliphatic heterocycles. The highest BCUT2D eigenvalue weighted by atomic mass is 16.4. The first kappa shape index (κ1) is 7.59. The molecule has 5 nitrogen and oxygen atoms in total. The fraction of sp³-hybridized carbons (Fsp3) is 0.333. The molecule has 0 fully saturated rings. The van der Waals surface area contributed by atoms with E-state index >= 15 is 0 Å². The summed E-state index contributed by atoms with van der Waals surface area (Å²) in [4.78, 5) is 0. The molecule has 0 spiro atoms. The second kappa shape index (κ2) is 3.05. The Labute approximate surface area is 64.4 Å². The molecule has 0 aromatic carbocycles. The summed E-state index contributed by atoms with van der Waals surface area (Å²) in [5.41, 5.74) is 5.34. The van der Waals surface area contributed by atoms with Gasteiger partial charge in [0.15, 0.2) is 6.54 Å². The number of aromatic nitrogens is 2. The number of hydrogen-bond donors (Lipinski definition) is 3. The van der Waals surface area contributed by atoms with Gasteiger partial charge in [0.2, 0.25) is 6.33 Å². The van der Waals surface area contributed by atoms with E-state index in [1.165, 1.54) is 0 Å². The maximum Gasteiger partial charge on any atom is 0.321 e. The minimum Gasteiger partial charge on any atom is -0.357 e. The van der Waals surface area contributed by atoms with Gasteiger partial charge in [-0.1, -0.05) is 5.16 Å². The Morgan fingerprint density at radius 3 is 3.00 bits per heavy atom. The van der Waals surface area contributed by atoms with Gasteiger partial charge in [-0.05, 0) is 0 Å². The lowest BCUT2D eigenvalue weighted by molar-refractivity contribution is -0.739. The molecule has 5 heteroatoms. The summed E-state index contributed by atoms with van der Waals surface area (Å²) >= 11 is 0. The van der Waals surface area contributed by atoms with Crippen molar-refractivity contribution in [1.82, 2.24) is 4.57 Å². The first-order valence-electron chi connectivity index (χ1n) is 3.25. The van der Waals surface area contributed by atoms with Crippen LogP contribution in [0.4, 0.5) is 0 Å². The van der Waals surface area contributed by atoms with E-state index in [0.717, 1.165) is 0 Å². The molecule has 0 saturated heterocycles. The molecule has 0 radical (unpaired) electrons. The largest absolute Gasteiger partial charge is 0.357 e. The van der Waals surface area contributed by atoms with Gasteiger partial charge in [0.25, 0.3) is 0 Å². The summed E-state index contributed by atoms with van der Waals surface area (Å²) in [5, 5.41) is 10.3. The van der Waals surface area contributed by atoms with E-state index in [1.54, 1.807) is 0 Å². The Morgan fingerprint density at radius 2 is 2.55 bits per heavy atom. The third-order valence-electron chi connectivity index (χ3n) is 1.32. The number of nitrogens with one attached hydrogen (secondary N) is 1. The van der Waals surface area contributed by atoms with Crippen LogP contribution in [0, 0.1) is 0 Å². The van der Waals surface area contributed by atoms with Crippen molar-refractivity contribution in [2.75, 3.05) is 0 Å². The molecule has 11 heavy (non-hydrogen) atoms. The van der Waals surface area contributed by atoms with Gasteiger partial charge in [-0.3, -0.25) is 5.73 Å². The lowest BCUT2D eigenvalue weighted by atomic mass is 10.6. The van der Waals surface area contributed by atoms with Gasteiger partial charge in [0.05, 0.1) is 7.05 Å². The van der Waals surface area contributed by atoms with Crippen LogP contribution in [0.15, 0.2) is 18.7 Å². The number of aryl methyl sites for hydroxylation is 1. The third kappa shape index (κ3) is 1.96. The van der Waals surface area contributed by atoms with Crippen molar-refractivity contribution >= 4 is 5.84 Å². The quantitative estimate of drug-likeness (QED) is 0.142. The SMILES string of the molecule is C[n+]1ccn(CC(N)=[NH+]O)c1. The van der Waals surface area contributed by atoms with Crippen LogP contribution >= 0.6 is 0 Å². The van der Waals surface area contributed by atoms with Crippen molar-refractivity contribution in [3.63, 3.8) is 0 Å². The summed E-state index contributed by atoms with van der Waals surface area (Å²) in [6.45, 7) is 0.470. The number of imidazole rings is 1. The first-order valence-corrected chi connectivity index (χ1v) is 3.25. The van der Waals surface area contributed by atoms with E-state index in [2.05, 4.69) is 0 Å². The minimum absolute atomic E-state index is 0.321. The Hall–Kier alpha value is -1.52. The zero-order valence-corrected chi connectivity index (χ0v) is 6.36. The summed E-state index contributed by atoms with van der Waals surface area (Å²) in [7, 11) is 1.92. The fourth-order valence-electron chi connectivity index (χ4n) is 0.827. The Morgan fingerprint density at radius 1 is 1.82 bits per heavy atom. The van der Waals surface area contributed by atoms with E-state index in [4.69, 9.17) is 10.9 Å². The second-order valence-corrected chi connectivity index (χ2v) is 2.39. The van der Waals surface area contributed by atoms with E-state index < -0.39 is 0 Å². The molecule has 0 bridgehead atoms. The van der Waals surface area contributed by atoms with Gasteiger partial charge in [-0.2, -0.15) is 0 Å². The second-order valence-electron chi connectivity index (χ2n) is 2.39. The van der Waals surface area contributed by atoms with Crippen molar-refractivity contribution in [2.45, 2.75) is 6.54 Å². The monoisotopic (exact) mass is 156 g/mol. The molecule has 0 unspecified atom stereocenters. The highest BCUT2D eigenvalue weighted by Gasteiger charge is 2.05. The standard InChI is InChI=1S/C6H10N4O/c1-9-2-3-10(5-9)4-6(7)8-11/h2-3,5H,4H2,1H3,(H2-,7,8,11)/p+2. The van der Waals surface area contributed by atoms with Crippen molar-refractivity contribution in [3.8, 4) is 0 Å². The van der Waals surface area contributed by atoms with E-state index in [9.17, 15) is 0 Å². The van der Waals surface area contributed by atoms with Gasteiger partial charge in [-0.15, -0.1) is 0 Å². The van der Waals surface area contributed by atoms with Gasteiger partial charge >= 0.3 is 5.84 Å². The number of nitrogens with zero attached hydrogens (tertiary/aromatic N) is 2. The van der Waals surface area contributed by atoms with E-state index in [-0.39, 0.29) is 0 Å². The molecule has 1 heterocycles. The van der Waals surface area contributed by atoms with Crippen LogP contribution in [0.25, 0.3) is 0 Å². The molecular weight excluding hydrogens is 144 g/mol. The van der Waals surface area contributed by atoms with Crippen LogP contribution in [0.1, 0.15) is 0 Å². The molecule has 4 N–H and O–H groups in total. The van der Waals surface area contributed by atoms with E-state index in [1.807, 2.05) is 40.1 Å². The van der Waals surface area contributed by atoms with E-state index in [0.29, 0.717) is 12.4 Å². The average molecular weight is 156 g/mol. The van der Waals surface area contributed by atoms with Crippen LogP contribution in [0.5, 0.6) is 0 Å². The molecule has 0 amide bonds. The van der Waals surface area contributed by atoms with Gasteiger partial charge in [0, 0.05) is 0 Å². The molecule has 0 atom stereocenters. The normalized spacial score (nSPS) is 11.9. The Bertz CT molecular complexity index is 265. The van der Waals surface area contributed by atoms with Gasteiger partial charge in [0.1, 0.15) is 12.4 Å². The van der Waals surface area contributed by atoms with Crippen LogP contribution in [-0.2, 0) is 13.6 Å². The van der Waals surface area contributed by atoms with Crippen LogP contribution in [-0.4, -0.2) is 15.6 Å². The number of rotatable bonds is 2. The maximum atomic E-state index is 8.37.